The van der Waals surface area contributed by atoms with Gasteiger partial charge in [0.1, 0.15) is 5.75 Å². The Balaban J connectivity index is 2.16. The maximum absolute atomic E-state index is 11.9. The van der Waals surface area contributed by atoms with Crippen LogP contribution < -0.4 is 4.74 Å². The van der Waals surface area contributed by atoms with E-state index in [2.05, 4.69) is 9.73 Å². The largest absolute Gasteiger partial charge is 0.435 e. The number of nitrogens with zero attached hydrogens (tertiary/aromatic N) is 1. The minimum atomic E-state index is -2.83. The van der Waals surface area contributed by atoms with Gasteiger partial charge in [0.05, 0.1) is 5.54 Å². The molecule has 1 aliphatic rings. The predicted molar refractivity (Wildman–Crippen MR) is 52.1 cm³/mol. The van der Waals surface area contributed by atoms with Crippen molar-refractivity contribution in [1.82, 2.24) is 0 Å². The predicted octanol–water partition coefficient (Wildman–Crippen LogP) is 2.61. The first-order chi connectivity index (χ1) is 7.66. The van der Waals surface area contributed by atoms with Crippen molar-refractivity contribution in [3.8, 4) is 5.75 Å². The number of ether oxygens (including phenoxy) is 1. The molecule has 0 N–H and O–H groups in total. The van der Waals surface area contributed by atoms with Crippen molar-refractivity contribution in [3.63, 3.8) is 0 Å². The quantitative estimate of drug-likeness (QED) is 0.583. The van der Waals surface area contributed by atoms with Crippen molar-refractivity contribution >= 4 is 6.08 Å². The summed E-state index contributed by atoms with van der Waals surface area (Å²) in [6.45, 7) is -2.83. The van der Waals surface area contributed by atoms with E-state index in [9.17, 15) is 13.6 Å². The Hall–Kier alpha value is -1.74. The number of hydrogen-bond acceptors (Lipinski definition) is 3. The average molecular weight is 225 g/mol. The molecule has 0 radical (unpaired) electrons. The van der Waals surface area contributed by atoms with Crippen LogP contribution in [-0.4, -0.2) is 12.7 Å². The van der Waals surface area contributed by atoms with Crippen LogP contribution >= 0.6 is 0 Å². The van der Waals surface area contributed by atoms with E-state index in [1.165, 1.54) is 18.2 Å². The Labute approximate surface area is 90.8 Å². The first-order valence-electron chi connectivity index (χ1n) is 4.81. The second-order valence-corrected chi connectivity index (χ2v) is 3.64. The normalized spacial score (nSPS) is 16.7. The molecule has 0 aromatic heterocycles. The van der Waals surface area contributed by atoms with Gasteiger partial charge in [0.25, 0.3) is 0 Å². The second-order valence-electron chi connectivity index (χ2n) is 3.64. The Morgan fingerprint density at radius 1 is 1.31 bits per heavy atom. The van der Waals surface area contributed by atoms with E-state index in [1.54, 1.807) is 12.1 Å². The van der Waals surface area contributed by atoms with Gasteiger partial charge in [-0.3, -0.25) is 0 Å². The highest BCUT2D eigenvalue weighted by atomic mass is 19.3. The molecular weight excluding hydrogens is 216 g/mol. The number of hydrogen-bond donors (Lipinski definition) is 0. The lowest BCUT2D eigenvalue weighted by Crippen LogP contribution is -2.04. The maximum Gasteiger partial charge on any atom is 0.387 e. The SMILES string of the molecule is O=C=NC1(c2ccc(OC(F)F)cc2)CC1. The van der Waals surface area contributed by atoms with Crippen LogP contribution in [-0.2, 0) is 10.3 Å². The highest BCUT2D eigenvalue weighted by Gasteiger charge is 2.44. The minimum Gasteiger partial charge on any atom is -0.435 e. The number of rotatable bonds is 4. The monoisotopic (exact) mass is 225 g/mol. The molecule has 1 aliphatic carbocycles. The molecule has 84 valence electrons. The van der Waals surface area contributed by atoms with Crippen molar-refractivity contribution < 1.29 is 18.3 Å². The molecule has 0 aliphatic heterocycles. The zero-order chi connectivity index (χ0) is 11.6. The molecule has 1 aromatic rings. The highest BCUT2D eigenvalue weighted by Crippen LogP contribution is 2.49. The standard InChI is InChI=1S/C11H9F2NO2/c12-10(13)16-9-3-1-8(2-4-9)11(5-6-11)14-7-15/h1-4,10H,5-6H2. The van der Waals surface area contributed by atoms with Gasteiger partial charge in [-0.05, 0) is 30.5 Å². The van der Waals surface area contributed by atoms with E-state index in [4.69, 9.17) is 0 Å². The van der Waals surface area contributed by atoms with Gasteiger partial charge in [0.15, 0.2) is 0 Å². The van der Waals surface area contributed by atoms with Crippen molar-refractivity contribution in [2.45, 2.75) is 25.0 Å². The van der Waals surface area contributed by atoms with Crippen molar-refractivity contribution in [2.75, 3.05) is 0 Å². The molecule has 5 heteroatoms. The topological polar surface area (TPSA) is 38.7 Å². The summed E-state index contributed by atoms with van der Waals surface area (Å²) in [5.41, 5.74) is 0.364. The molecule has 2 rings (SSSR count). The Kier molecular flexibility index (Phi) is 2.71. The van der Waals surface area contributed by atoms with Crippen LogP contribution in [0.15, 0.2) is 29.3 Å². The molecule has 1 saturated carbocycles. The van der Waals surface area contributed by atoms with Gasteiger partial charge in [0, 0.05) is 0 Å². The summed E-state index contributed by atoms with van der Waals surface area (Å²) >= 11 is 0. The molecule has 0 heterocycles. The summed E-state index contributed by atoms with van der Waals surface area (Å²) in [5, 5.41) is 0. The van der Waals surface area contributed by atoms with E-state index in [0.717, 1.165) is 18.4 Å². The van der Waals surface area contributed by atoms with Crippen molar-refractivity contribution in [2.24, 2.45) is 4.99 Å². The van der Waals surface area contributed by atoms with E-state index in [-0.39, 0.29) is 5.75 Å². The lowest BCUT2D eigenvalue weighted by atomic mass is 10.1. The van der Waals surface area contributed by atoms with Crippen molar-refractivity contribution in [1.29, 1.82) is 0 Å². The van der Waals surface area contributed by atoms with Crippen LogP contribution in [0.5, 0.6) is 5.75 Å². The fourth-order valence-corrected chi connectivity index (χ4v) is 1.62. The highest BCUT2D eigenvalue weighted by molar-refractivity contribution is 5.42. The van der Waals surface area contributed by atoms with E-state index in [0.29, 0.717) is 0 Å². The average Bonchev–Trinajstić information content (AvgIpc) is 2.99. The lowest BCUT2D eigenvalue weighted by molar-refractivity contribution is -0.0498. The van der Waals surface area contributed by atoms with Crippen molar-refractivity contribution in [3.05, 3.63) is 29.8 Å². The molecule has 3 nitrogen and oxygen atoms in total. The van der Waals surface area contributed by atoms with Gasteiger partial charge in [-0.15, -0.1) is 0 Å². The molecule has 0 saturated heterocycles. The molecule has 0 unspecified atom stereocenters. The van der Waals surface area contributed by atoms with E-state index in [1.807, 2.05) is 0 Å². The van der Waals surface area contributed by atoms with E-state index >= 15 is 0 Å². The van der Waals surface area contributed by atoms with Crippen LogP contribution in [0.4, 0.5) is 8.78 Å². The van der Waals surface area contributed by atoms with Gasteiger partial charge in [-0.25, -0.2) is 4.79 Å². The number of alkyl halides is 2. The summed E-state index contributed by atoms with van der Waals surface area (Å²) in [6.07, 6.45) is 3.12. The summed E-state index contributed by atoms with van der Waals surface area (Å²) in [6, 6.07) is 6.18. The zero-order valence-electron chi connectivity index (χ0n) is 8.32. The van der Waals surface area contributed by atoms with Crippen LogP contribution in [0.3, 0.4) is 0 Å². The van der Waals surface area contributed by atoms with Gasteiger partial charge >= 0.3 is 6.61 Å². The van der Waals surface area contributed by atoms with E-state index < -0.39 is 12.2 Å². The number of benzene rings is 1. The number of isocyanates is 1. The Morgan fingerprint density at radius 2 is 1.94 bits per heavy atom. The number of carbonyl (C=O) groups excluding carboxylic acids is 1. The molecule has 1 fully saturated rings. The van der Waals surface area contributed by atoms with Crippen LogP contribution in [0.1, 0.15) is 18.4 Å². The first-order valence-corrected chi connectivity index (χ1v) is 4.81. The number of aliphatic imine (C=N–C) groups is 1. The summed E-state index contributed by atoms with van der Waals surface area (Å²) in [5.74, 6) is 0.102. The Bertz CT molecular complexity index is 420. The zero-order valence-corrected chi connectivity index (χ0v) is 8.32. The van der Waals surface area contributed by atoms with Crippen LogP contribution in [0, 0.1) is 0 Å². The van der Waals surface area contributed by atoms with Gasteiger partial charge < -0.3 is 4.74 Å². The third kappa shape index (κ3) is 2.09. The fraction of sp³-hybridized carbons (Fsp3) is 0.364. The Morgan fingerprint density at radius 3 is 2.38 bits per heavy atom. The lowest BCUT2D eigenvalue weighted by Gasteiger charge is -2.09. The second kappa shape index (κ2) is 4.02. The third-order valence-corrected chi connectivity index (χ3v) is 2.60. The summed E-state index contributed by atoms with van der Waals surface area (Å²) < 4.78 is 28.0. The molecule has 1 aromatic carbocycles. The number of halogens is 2. The van der Waals surface area contributed by atoms with Gasteiger partial charge in [0.2, 0.25) is 6.08 Å². The smallest absolute Gasteiger partial charge is 0.387 e. The summed E-state index contributed by atoms with van der Waals surface area (Å²) in [4.78, 5) is 14.0. The molecular formula is C11H9F2NO2. The maximum atomic E-state index is 11.9. The summed E-state index contributed by atoms with van der Waals surface area (Å²) in [7, 11) is 0. The molecule has 0 spiro atoms. The molecule has 0 amide bonds. The molecule has 0 bridgehead atoms. The fourth-order valence-electron chi connectivity index (χ4n) is 1.62. The first kappa shape index (κ1) is 10.8. The van der Waals surface area contributed by atoms with Crippen LogP contribution in [0.2, 0.25) is 0 Å². The third-order valence-electron chi connectivity index (χ3n) is 2.60. The van der Waals surface area contributed by atoms with Gasteiger partial charge in [-0.1, -0.05) is 12.1 Å². The minimum absolute atomic E-state index is 0.102. The van der Waals surface area contributed by atoms with Crippen LogP contribution in [0.25, 0.3) is 0 Å². The molecule has 16 heavy (non-hydrogen) atoms. The molecule has 0 atom stereocenters. The van der Waals surface area contributed by atoms with Gasteiger partial charge in [-0.2, -0.15) is 13.8 Å².